The lowest BCUT2D eigenvalue weighted by atomic mass is 10.1. The van der Waals surface area contributed by atoms with E-state index < -0.39 is 15.8 Å². The molecule has 0 bridgehead atoms. The Balaban J connectivity index is 1.88. The lowest BCUT2D eigenvalue weighted by Crippen LogP contribution is -1.98. The zero-order valence-electron chi connectivity index (χ0n) is 10.7. The zero-order valence-corrected chi connectivity index (χ0v) is 11.5. The van der Waals surface area contributed by atoms with Crippen molar-refractivity contribution in [2.24, 2.45) is 0 Å². The maximum Gasteiger partial charge on any atom is 0.123 e. The molecule has 0 saturated heterocycles. The zero-order chi connectivity index (χ0) is 14.2. The second-order valence-corrected chi connectivity index (χ2v) is 6.43. The van der Waals surface area contributed by atoms with Crippen LogP contribution in [-0.2, 0) is 22.9 Å². The predicted molar refractivity (Wildman–Crippen MR) is 75.1 cm³/mol. The van der Waals surface area contributed by atoms with Gasteiger partial charge in [-0.05, 0) is 54.7 Å². The molecule has 0 aromatic heterocycles. The third kappa shape index (κ3) is 2.54. The molecule has 0 fully saturated rings. The van der Waals surface area contributed by atoms with Gasteiger partial charge in [-0.3, -0.25) is 0 Å². The third-order valence-electron chi connectivity index (χ3n) is 3.42. The molecule has 0 spiro atoms. The van der Waals surface area contributed by atoms with Crippen molar-refractivity contribution in [1.82, 2.24) is 0 Å². The lowest BCUT2D eigenvalue weighted by molar-refractivity contribution is 0.601. The Bertz CT molecular complexity index is 739. The number of benzene rings is 2. The minimum atomic E-state index is -3.79. The minimum Gasteiger partial charge on any atom is -0.573 e. The van der Waals surface area contributed by atoms with Gasteiger partial charge in [0, 0.05) is 0 Å². The molecule has 0 N–H and O–H groups in total. The van der Waals surface area contributed by atoms with Crippen molar-refractivity contribution < 1.29 is 12.8 Å². The molecule has 104 valence electrons. The first-order valence-electron chi connectivity index (χ1n) is 6.40. The highest BCUT2D eigenvalue weighted by atomic mass is 32.2. The number of nitrogens with zero attached hydrogens (tertiary/aromatic N) is 1. The number of hydrogen-bond acceptors (Lipinski definition) is 2. The Hall–Kier alpha value is -1.88. The molecule has 0 radical (unpaired) electrons. The van der Waals surface area contributed by atoms with Crippen molar-refractivity contribution >= 4 is 15.7 Å². The molecule has 1 aliphatic carbocycles. The Morgan fingerprint density at radius 3 is 2.40 bits per heavy atom. The van der Waals surface area contributed by atoms with Crippen molar-refractivity contribution in [1.29, 1.82) is 0 Å². The monoisotopic (exact) mass is 290 g/mol. The molecule has 0 atom stereocenters. The van der Waals surface area contributed by atoms with Crippen molar-refractivity contribution in [2.45, 2.75) is 24.2 Å². The lowest BCUT2D eigenvalue weighted by Gasteiger charge is -2.22. The summed E-state index contributed by atoms with van der Waals surface area (Å²) in [4.78, 5) is -0.000557. The average molecular weight is 290 g/mol. The highest BCUT2D eigenvalue weighted by Crippen LogP contribution is 2.32. The molecule has 3 nitrogen and oxygen atoms in total. The van der Waals surface area contributed by atoms with Crippen molar-refractivity contribution in [3.05, 3.63) is 64.1 Å². The molecule has 1 aliphatic rings. The summed E-state index contributed by atoms with van der Waals surface area (Å²) in [5, 5.41) is 0. The van der Waals surface area contributed by atoms with Gasteiger partial charge in [0.2, 0.25) is 0 Å². The molecule has 3 rings (SSSR count). The maximum absolute atomic E-state index is 12.8. The number of rotatable bonds is 3. The molecule has 0 heterocycles. The van der Waals surface area contributed by atoms with Crippen molar-refractivity contribution in [3.8, 4) is 0 Å². The van der Waals surface area contributed by atoms with Crippen LogP contribution in [0.3, 0.4) is 0 Å². The second-order valence-electron chi connectivity index (χ2n) is 4.83. The van der Waals surface area contributed by atoms with E-state index in [1.165, 1.54) is 23.3 Å². The largest absolute Gasteiger partial charge is 0.573 e. The van der Waals surface area contributed by atoms with E-state index in [4.69, 9.17) is 0 Å². The van der Waals surface area contributed by atoms with Crippen LogP contribution < -0.4 is 0 Å². The van der Waals surface area contributed by atoms with Gasteiger partial charge in [-0.1, -0.05) is 18.2 Å². The summed E-state index contributed by atoms with van der Waals surface area (Å²) >= 11 is 0. The van der Waals surface area contributed by atoms with Gasteiger partial charge in [-0.15, -0.1) is 5.69 Å². The van der Waals surface area contributed by atoms with Crippen LogP contribution in [0.1, 0.15) is 17.5 Å². The van der Waals surface area contributed by atoms with E-state index in [9.17, 15) is 12.8 Å². The molecule has 0 unspecified atom stereocenters. The van der Waals surface area contributed by atoms with Gasteiger partial charge < -0.3 is 4.72 Å². The van der Waals surface area contributed by atoms with Crippen LogP contribution in [-0.4, -0.2) is 8.42 Å². The van der Waals surface area contributed by atoms with Gasteiger partial charge in [-0.25, -0.2) is 12.8 Å². The molecule has 5 heteroatoms. The van der Waals surface area contributed by atoms with Gasteiger partial charge in [-0.2, -0.15) is 0 Å². The van der Waals surface area contributed by atoms with E-state index in [0.717, 1.165) is 31.4 Å². The fourth-order valence-electron chi connectivity index (χ4n) is 2.41. The third-order valence-corrected chi connectivity index (χ3v) is 4.74. The van der Waals surface area contributed by atoms with Crippen LogP contribution >= 0.6 is 0 Å². The van der Waals surface area contributed by atoms with Gasteiger partial charge in [0.25, 0.3) is 0 Å². The number of sulfonamides is 1. The molecule has 0 aliphatic heterocycles. The standard InChI is InChI=1S/C15H13FNO2S/c16-13-5-8-15(9-6-13)20(18,19)17-14-7-4-11-2-1-3-12(11)10-14/h4-10H,1-3H2/q-1. The molecule has 0 saturated carbocycles. The maximum atomic E-state index is 12.8. The summed E-state index contributed by atoms with van der Waals surface area (Å²) in [7, 11) is -3.79. The molecular weight excluding hydrogens is 277 g/mol. The smallest absolute Gasteiger partial charge is 0.123 e. The number of hydrogen-bond donors (Lipinski definition) is 0. The highest BCUT2D eigenvalue weighted by Gasteiger charge is 2.10. The van der Waals surface area contributed by atoms with Crippen LogP contribution in [0.2, 0.25) is 0 Å². The van der Waals surface area contributed by atoms with E-state index in [1.54, 1.807) is 6.07 Å². The van der Waals surface area contributed by atoms with Crippen LogP contribution in [0, 0.1) is 5.82 Å². The van der Waals surface area contributed by atoms with Crippen molar-refractivity contribution in [2.75, 3.05) is 0 Å². The Labute approximate surface area is 117 Å². The van der Waals surface area contributed by atoms with Crippen LogP contribution in [0.4, 0.5) is 10.1 Å². The van der Waals surface area contributed by atoms with E-state index >= 15 is 0 Å². The molecule has 20 heavy (non-hydrogen) atoms. The number of fused-ring (bicyclic) bond motifs is 1. The first kappa shape index (κ1) is 13.1. The van der Waals surface area contributed by atoms with Gasteiger partial charge in [0.1, 0.15) is 15.8 Å². The van der Waals surface area contributed by atoms with Crippen LogP contribution in [0.5, 0.6) is 0 Å². The Morgan fingerprint density at radius 2 is 1.65 bits per heavy atom. The van der Waals surface area contributed by atoms with Crippen LogP contribution in [0.15, 0.2) is 47.4 Å². The molecular formula is C15H13FNO2S-. The SMILES string of the molecule is O=S(=O)([N-]c1ccc2c(c1)CCC2)c1ccc(F)cc1. The normalized spacial score (nSPS) is 14.1. The summed E-state index contributed by atoms with van der Waals surface area (Å²) in [6, 6.07) is 10.1. The molecule has 0 amide bonds. The number of aryl methyl sites for hydroxylation is 2. The Morgan fingerprint density at radius 1 is 0.950 bits per heavy atom. The van der Waals surface area contributed by atoms with Gasteiger partial charge >= 0.3 is 0 Å². The van der Waals surface area contributed by atoms with E-state index in [2.05, 4.69) is 4.72 Å². The second kappa shape index (κ2) is 4.90. The first-order valence-corrected chi connectivity index (χ1v) is 7.84. The predicted octanol–water partition coefficient (Wildman–Crippen LogP) is 3.71. The summed E-state index contributed by atoms with van der Waals surface area (Å²) in [6.45, 7) is 0. The summed E-state index contributed by atoms with van der Waals surface area (Å²) in [6.07, 6.45) is 3.11. The fraction of sp³-hybridized carbons (Fsp3) is 0.200. The van der Waals surface area contributed by atoms with Gasteiger partial charge in [0.05, 0.1) is 4.90 Å². The first-order chi connectivity index (χ1) is 9.54. The molecule has 2 aromatic carbocycles. The molecule has 2 aromatic rings. The average Bonchev–Trinajstić information content (AvgIpc) is 2.86. The van der Waals surface area contributed by atoms with E-state index in [0.29, 0.717) is 5.69 Å². The van der Waals surface area contributed by atoms with E-state index in [-0.39, 0.29) is 4.90 Å². The summed E-state index contributed by atoms with van der Waals surface area (Å²) in [5.74, 6) is -0.471. The minimum absolute atomic E-state index is 0.000557. The quantitative estimate of drug-likeness (QED) is 0.865. The van der Waals surface area contributed by atoms with Crippen LogP contribution in [0.25, 0.3) is 4.72 Å². The summed E-state index contributed by atoms with van der Waals surface area (Å²) in [5.41, 5.74) is 2.86. The highest BCUT2D eigenvalue weighted by molar-refractivity contribution is 7.94. The topological polar surface area (TPSA) is 48.2 Å². The van der Waals surface area contributed by atoms with E-state index in [1.807, 2.05) is 12.1 Å². The fourth-order valence-corrected chi connectivity index (χ4v) is 3.39. The number of halogens is 1. The van der Waals surface area contributed by atoms with Gasteiger partial charge in [0.15, 0.2) is 0 Å². The summed E-state index contributed by atoms with van der Waals surface area (Å²) < 4.78 is 40.9. The van der Waals surface area contributed by atoms with Crippen molar-refractivity contribution in [3.63, 3.8) is 0 Å². The Kier molecular flexibility index (Phi) is 3.22.